The molecular formula is C15H13NO4. The Bertz CT molecular complexity index is 628. The van der Waals surface area contributed by atoms with E-state index in [-0.39, 0.29) is 0 Å². The van der Waals surface area contributed by atoms with E-state index in [0.717, 1.165) is 5.56 Å². The average molecular weight is 271 g/mol. The Morgan fingerprint density at radius 3 is 2.60 bits per heavy atom. The predicted octanol–water partition coefficient (Wildman–Crippen LogP) is 2.16. The second-order valence-corrected chi connectivity index (χ2v) is 4.01. The molecule has 5 nitrogen and oxygen atoms in total. The van der Waals surface area contributed by atoms with E-state index in [2.05, 4.69) is 5.32 Å². The van der Waals surface area contributed by atoms with E-state index < -0.39 is 18.4 Å². The molecule has 20 heavy (non-hydrogen) atoms. The van der Waals surface area contributed by atoms with Gasteiger partial charge >= 0.3 is 5.97 Å². The van der Waals surface area contributed by atoms with Crippen LogP contribution in [0.15, 0.2) is 53.0 Å². The summed E-state index contributed by atoms with van der Waals surface area (Å²) in [6.07, 6.45) is 2.72. The van der Waals surface area contributed by atoms with Crippen LogP contribution in [0, 0.1) is 0 Å². The van der Waals surface area contributed by atoms with Crippen LogP contribution in [-0.2, 0) is 9.59 Å². The maximum Gasteiger partial charge on any atom is 0.322 e. The van der Waals surface area contributed by atoms with Crippen molar-refractivity contribution in [2.24, 2.45) is 0 Å². The van der Waals surface area contributed by atoms with Gasteiger partial charge in [0.2, 0.25) is 5.91 Å². The zero-order valence-electron chi connectivity index (χ0n) is 10.6. The number of amides is 1. The van der Waals surface area contributed by atoms with Crippen molar-refractivity contribution >= 4 is 18.0 Å². The first-order valence-electron chi connectivity index (χ1n) is 5.98. The predicted molar refractivity (Wildman–Crippen MR) is 73.8 cm³/mol. The Kier molecular flexibility index (Phi) is 4.34. The number of hydrogen-bond acceptors (Lipinski definition) is 3. The van der Waals surface area contributed by atoms with E-state index in [9.17, 15) is 9.59 Å². The van der Waals surface area contributed by atoms with Crippen molar-refractivity contribution in [3.05, 3.63) is 54.3 Å². The lowest BCUT2D eigenvalue weighted by Gasteiger charge is -1.96. The van der Waals surface area contributed by atoms with Crippen molar-refractivity contribution in [1.82, 2.24) is 5.32 Å². The van der Waals surface area contributed by atoms with Crippen LogP contribution in [0.1, 0.15) is 5.76 Å². The summed E-state index contributed by atoms with van der Waals surface area (Å²) in [5.74, 6) is -0.341. The van der Waals surface area contributed by atoms with Gasteiger partial charge in [-0.15, -0.1) is 0 Å². The summed E-state index contributed by atoms with van der Waals surface area (Å²) in [5.41, 5.74) is 0.947. The Morgan fingerprint density at radius 2 is 1.90 bits per heavy atom. The molecule has 2 N–H and O–H groups in total. The minimum absolute atomic E-state index is 0.406. The molecule has 0 spiro atoms. The van der Waals surface area contributed by atoms with Crippen LogP contribution in [-0.4, -0.2) is 23.5 Å². The molecule has 0 saturated carbocycles. The van der Waals surface area contributed by atoms with E-state index in [4.69, 9.17) is 9.52 Å². The first-order chi connectivity index (χ1) is 9.65. The smallest absolute Gasteiger partial charge is 0.322 e. The van der Waals surface area contributed by atoms with Gasteiger partial charge in [-0.2, -0.15) is 0 Å². The summed E-state index contributed by atoms with van der Waals surface area (Å²) in [6, 6.07) is 13.1. The molecule has 1 aromatic heterocycles. The largest absolute Gasteiger partial charge is 0.480 e. The average Bonchev–Trinajstić information content (AvgIpc) is 2.93. The lowest BCUT2D eigenvalue weighted by molar-refractivity contribution is -0.137. The minimum Gasteiger partial charge on any atom is -0.480 e. The fourth-order valence-electron chi connectivity index (χ4n) is 1.58. The molecule has 0 bridgehead atoms. The summed E-state index contributed by atoms with van der Waals surface area (Å²) < 4.78 is 5.56. The van der Waals surface area contributed by atoms with Gasteiger partial charge in [0.1, 0.15) is 18.1 Å². The highest BCUT2D eigenvalue weighted by molar-refractivity contribution is 5.93. The molecule has 0 aliphatic carbocycles. The zero-order valence-corrected chi connectivity index (χ0v) is 10.6. The number of rotatable bonds is 5. The maximum atomic E-state index is 11.3. The van der Waals surface area contributed by atoms with Gasteiger partial charge in [-0.1, -0.05) is 30.3 Å². The molecule has 1 heterocycles. The number of nitrogens with one attached hydrogen (secondary N) is 1. The lowest BCUT2D eigenvalue weighted by Crippen LogP contribution is -2.27. The number of hydrogen-bond donors (Lipinski definition) is 2. The molecule has 1 aromatic carbocycles. The fraction of sp³-hybridized carbons (Fsp3) is 0.0667. The molecule has 0 radical (unpaired) electrons. The summed E-state index contributed by atoms with van der Waals surface area (Å²) in [4.78, 5) is 21.6. The van der Waals surface area contributed by atoms with Crippen LogP contribution in [0.4, 0.5) is 0 Å². The number of carboxylic acids is 1. The first kappa shape index (κ1) is 13.6. The van der Waals surface area contributed by atoms with Gasteiger partial charge in [0.25, 0.3) is 0 Å². The molecule has 0 fully saturated rings. The lowest BCUT2D eigenvalue weighted by atomic mass is 10.2. The van der Waals surface area contributed by atoms with Gasteiger partial charge in [-0.05, 0) is 18.2 Å². The van der Waals surface area contributed by atoms with Gasteiger partial charge < -0.3 is 14.8 Å². The van der Waals surface area contributed by atoms with Crippen LogP contribution in [0.25, 0.3) is 17.4 Å². The van der Waals surface area contributed by atoms with Gasteiger partial charge in [-0.25, -0.2) is 0 Å². The van der Waals surface area contributed by atoms with E-state index >= 15 is 0 Å². The highest BCUT2D eigenvalue weighted by atomic mass is 16.4. The molecule has 2 aromatic rings. The van der Waals surface area contributed by atoms with Gasteiger partial charge in [0.05, 0.1) is 0 Å². The normalized spacial score (nSPS) is 10.6. The maximum absolute atomic E-state index is 11.3. The molecular weight excluding hydrogens is 258 g/mol. The number of carbonyl (C=O) groups is 2. The van der Waals surface area contributed by atoms with Crippen molar-refractivity contribution in [2.45, 2.75) is 0 Å². The fourth-order valence-corrected chi connectivity index (χ4v) is 1.58. The Morgan fingerprint density at radius 1 is 1.15 bits per heavy atom. The Balaban J connectivity index is 1.99. The zero-order chi connectivity index (χ0) is 14.4. The van der Waals surface area contributed by atoms with Crippen molar-refractivity contribution in [1.29, 1.82) is 0 Å². The number of carbonyl (C=O) groups excluding carboxylic acids is 1. The third-order valence-corrected chi connectivity index (χ3v) is 2.50. The van der Waals surface area contributed by atoms with Crippen molar-refractivity contribution in [3.8, 4) is 11.3 Å². The minimum atomic E-state index is -1.09. The third kappa shape index (κ3) is 3.84. The summed E-state index contributed by atoms with van der Waals surface area (Å²) in [6.45, 7) is -0.406. The molecule has 1 amide bonds. The summed E-state index contributed by atoms with van der Waals surface area (Å²) >= 11 is 0. The quantitative estimate of drug-likeness (QED) is 0.817. The topological polar surface area (TPSA) is 79.5 Å². The number of benzene rings is 1. The third-order valence-electron chi connectivity index (χ3n) is 2.50. The van der Waals surface area contributed by atoms with Gasteiger partial charge in [0.15, 0.2) is 0 Å². The molecule has 0 atom stereocenters. The highest BCUT2D eigenvalue weighted by Gasteiger charge is 2.03. The van der Waals surface area contributed by atoms with Crippen LogP contribution in [0.3, 0.4) is 0 Å². The van der Waals surface area contributed by atoms with Crippen molar-refractivity contribution in [3.63, 3.8) is 0 Å². The Labute approximate surface area is 115 Å². The molecule has 0 saturated heterocycles. The summed E-state index contributed by atoms with van der Waals surface area (Å²) in [7, 11) is 0. The van der Waals surface area contributed by atoms with Crippen molar-refractivity contribution < 1.29 is 19.1 Å². The van der Waals surface area contributed by atoms with Crippen LogP contribution in [0.5, 0.6) is 0 Å². The second-order valence-electron chi connectivity index (χ2n) is 4.01. The van der Waals surface area contributed by atoms with Crippen LogP contribution < -0.4 is 5.32 Å². The number of aliphatic carboxylic acids is 1. The standard InChI is InChI=1S/C15H13NO4/c17-14(16-10-15(18)19)9-7-12-6-8-13(20-12)11-4-2-1-3-5-11/h1-9H,10H2,(H,16,17)(H,18,19). The highest BCUT2D eigenvalue weighted by Crippen LogP contribution is 2.22. The van der Waals surface area contributed by atoms with Crippen LogP contribution in [0.2, 0.25) is 0 Å². The van der Waals surface area contributed by atoms with Gasteiger partial charge in [-0.3, -0.25) is 9.59 Å². The molecule has 5 heteroatoms. The number of carboxylic acid groups (broad SMARTS) is 1. The monoisotopic (exact) mass is 271 g/mol. The van der Waals surface area contributed by atoms with Crippen LogP contribution >= 0.6 is 0 Å². The molecule has 102 valence electrons. The van der Waals surface area contributed by atoms with E-state index in [1.807, 2.05) is 36.4 Å². The van der Waals surface area contributed by atoms with E-state index in [1.54, 1.807) is 6.07 Å². The van der Waals surface area contributed by atoms with Crippen molar-refractivity contribution in [2.75, 3.05) is 6.54 Å². The molecule has 0 aliphatic rings. The SMILES string of the molecule is O=C(O)CNC(=O)C=Cc1ccc(-c2ccccc2)o1. The first-order valence-corrected chi connectivity index (χ1v) is 5.98. The molecule has 0 aliphatic heterocycles. The number of furan rings is 1. The Hall–Kier alpha value is -2.82. The molecule has 2 rings (SSSR count). The van der Waals surface area contributed by atoms with E-state index in [1.165, 1.54) is 12.2 Å². The van der Waals surface area contributed by atoms with Gasteiger partial charge in [0, 0.05) is 11.6 Å². The van der Waals surface area contributed by atoms with E-state index in [0.29, 0.717) is 11.5 Å². The molecule has 0 unspecified atom stereocenters. The summed E-state index contributed by atoms with van der Waals surface area (Å²) in [5, 5.41) is 10.6. The second kappa shape index (κ2) is 6.38.